The third kappa shape index (κ3) is 3.01. The lowest BCUT2D eigenvalue weighted by Crippen LogP contribution is -2.17. The summed E-state index contributed by atoms with van der Waals surface area (Å²) in [6.45, 7) is 10.8. The van der Waals surface area contributed by atoms with E-state index in [1.165, 1.54) is 0 Å². The Morgan fingerprint density at radius 1 is 1.12 bits per heavy atom. The molecule has 3 rings (SSSR count). The molecule has 3 aromatic rings. The summed E-state index contributed by atoms with van der Waals surface area (Å²) < 4.78 is 1.95. The lowest BCUT2D eigenvalue weighted by molar-refractivity contribution is 0.741. The Morgan fingerprint density at radius 2 is 1.83 bits per heavy atom. The standard InChI is InChI=1S/C20H26N4/c1-6-14(4)21-18-12-17(13(2)3)22-20-19(15(5)23-24(18)20)16-10-8-7-9-11-16/h7-14,21H,6H2,1-5H3/t14-/m1/s1. The molecule has 1 N–H and O–H groups in total. The Morgan fingerprint density at radius 3 is 2.46 bits per heavy atom. The maximum atomic E-state index is 4.93. The van der Waals surface area contributed by atoms with Gasteiger partial charge in [0.05, 0.1) is 5.69 Å². The van der Waals surface area contributed by atoms with Gasteiger partial charge < -0.3 is 5.32 Å². The van der Waals surface area contributed by atoms with Crippen LogP contribution >= 0.6 is 0 Å². The van der Waals surface area contributed by atoms with E-state index in [1.54, 1.807) is 0 Å². The smallest absolute Gasteiger partial charge is 0.165 e. The van der Waals surface area contributed by atoms with Gasteiger partial charge in [-0.1, -0.05) is 51.1 Å². The number of fused-ring (bicyclic) bond motifs is 1. The van der Waals surface area contributed by atoms with Crippen molar-refractivity contribution >= 4 is 11.5 Å². The molecule has 0 fully saturated rings. The molecule has 1 atom stereocenters. The van der Waals surface area contributed by atoms with Crippen LogP contribution in [0.1, 0.15) is 51.4 Å². The van der Waals surface area contributed by atoms with E-state index in [-0.39, 0.29) is 0 Å². The summed E-state index contributed by atoms with van der Waals surface area (Å²) >= 11 is 0. The normalized spacial score (nSPS) is 12.8. The molecule has 0 radical (unpaired) electrons. The summed E-state index contributed by atoms with van der Waals surface area (Å²) in [4.78, 5) is 4.93. The maximum absolute atomic E-state index is 4.93. The third-order valence-corrected chi connectivity index (χ3v) is 4.44. The fraction of sp³-hybridized carbons (Fsp3) is 0.400. The minimum Gasteiger partial charge on any atom is -0.367 e. The highest BCUT2D eigenvalue weighted by Crippen LogP contribution is 2.30. The molecule has 0 spiro atoms. The van der Waals surface area contributed by atoms with Crippen molar-refractivity contribution in [2.75, 3.05) is 5.32 Å². The van der Waals surface area contributed by atoms with E-state index in [1.807, 2.05) is 10.6 Å². The largest absolute Gasteiger partial charge is 0.367 e. The molecule has 0 saturated heterocycles. The molecular formula is C20H26N4. The van der Waals surface area contributed by atoms with Crippen molar-refractivity contribution in [3.05, 3.63) is 47.8 Å². The minimum absolute atomic E-state index is 0.367. The molecule has 1 aromatic carbocycles. The molecule has 0 aliphatic heterocycles. The van der Waals surface area contributed by atoms with Crippen LogP contribution in [0, 0.1) is 6.92 Å². The molecule has 2 aromatic heterocycles. The van der Waals surface area contributed by atoms with Crippen molar-refractivity contribution < 1.29 is 0 Å². The Bertz CT molecular complexity index is 834. The van der Waals surface area contributed by atoms with Gasteiger partial charge in [-0.2, -0.15) is 9.61 Å². The summed E-state index contributed by atoms with van der Waals surface area (Å²) in [5.74, 6) is 1.38. The molecule has 2 heterocycles. The van der Waals surface area contributed by atoms with E-state index in [9.17, 15) is 0 Å². The predicted octanol–water partition coefficient (Wildman–Crippen LogP) is 5.04. The van der Waals surface area contributed by atoms with Gasteiger partial charge in [-0.05, 0) is 31.7 Å². The minimum atomic E-state index is 0.367. The summed E-state index contributed by atoms with van der Waals surface area (Å²) in [7, 11) is 0. The van der Waals surface area contributed by atoms with Gasteiger partial charge in [0.25, 0.3) is 0 Å². The van der Waals surface area contributed by atoms with Crippen LogP contribution in [0.4, 0.5) is 5.82 Å². The van der Waals surface area contributed by atoms with E-state index >= 15 is 0 Å². The molecule has 0 aliphatic rings. The van der Waals surface area contributed by atoms with Gasteiger partial charge >= 0.3 is 0 Å². The first-order valence-corrected chi connectivity index (χ1v) is 8.73. The highest BCUT2D eigenvalue weighted by atomic mass is 15.3. The van der Waals surface area contributed by atoms with Crippen molar-refractivity contribution in [2.45, 2.75) is 53.0 Å². The van der Waals surface area contributed by atoms with Gasteiger partial charge in [-0.3, -0.25) is 0 Å². The molecule has 126 valence electrons. The molecule has 0 saturated carbocycles. The highest BCUT2D eigenvalue weighted by Gasteiger charge is 2.18. The topological polar surface area (TPSA) is 42.2 Å². The van der Waals surface area contributed by atoms with Crippen LogP contribution in [0.5, 0.6) is 0 Å². The lowest BCUT2D eigenvalue weighted by Gasteiger charge is -2.16. The van der Waals surface area contributed by atoms with E-state index in [4.69, 9.17) is 10.1 Å². The van der Waals surface area contributed by atoms with Crippen LogP contribution in [0.15, 0.2) is 36.4 Å². The Labute approximate surface area is 143 Å². The second kappa shape index (κ2) is 6.63. The van der Waals surface area contributed by atoms with Crippen molar-refractivity contribution in [3.63, 3.8) is 0 Å². The first-order valence-electron chi connectivity index (χ1n) is 8.73. The van der Waals surface area contributed by atoms with Crippen LogP contribution < -0.4 is 5.32 Å². The number of nitrogens with zero attached hydrogens (tertiary/aromatic N) is 3. The summed E-state index contributed by atoms with van der Waals surface area (Å²) in [6.07, 6.45) is 1.06. The zero-order valence-corrected chi connectivity index (χ0v) is 15.2. The molecule has 0 aliphatic carbocycles. The Kier molecular flexibility index (Phi) is 4.56. The SMILES string of the molecule is CC[C@@H](C)Nc1cc(C(C)C)nc2c(-c3ccccc3)c(C)nn12. The van der Waals surface area contributed by atoms with Crippen molar-refractivity contribution in [1.82, 2.24) is 14.6 Å². The van der Waals surface area contributed by atoms with Gasteiger partial charge in [0.1, 0.15) is 5.82 Å². The number of hydrogen-bond donors (Lipinski definition) is 1. The van der Waals surface area contributed by atoms with Crippen molar-refractivity contribution in [3.8, 4) is 11.1 Å². The van der Waals surface area contributed by atoms with Crippen LogP contribution in [-0.2, 0) is 0 Å². The number of nitrogens with one attached hydrogen (secondary N) is 1. The van der Waals surface area contributed by atoms with Gasteiger partial charge in [0.15, 0.2) is 5.65 Å². The second-order valence-corrected chi connectivity index (χ2v) is 6.74. The average Bonchev–Trinajstić information content (AvgIpc) is 2.91. The first kappa shape index (κ1) is 16.5. The Balaban J connectivity index is 2.26. The third-order valence-electron chi connectivity index (χ3n) is 4.44. The van der Waals surface area contributed by atoms with Gasteiger partial charge in [-0.25, -0.2) is 4.98 Å². The lowest BCUT2D eigenvalue weighted by atomic mass is 10.1. The van der Waals surface area contributed by atoms with E-state index in [0.717, 1.165) is 40.4 Å². The number of anilines is 1. The van der Waals surface area contributed by atoms with Crippen LogP contribution in [0.25, 0.3) is 16.8 Å². The molecule has 0 amide bonds. The van der Waals surface area contributed by atoms with E-state index < -0.39 is 0 Å². The number of aromatic nitrogens is 3. The zero-order chi connectivity index (χ0) is 17.3. The van der Waals surface area contributed by atoms with E-state index in [2.05, 4.69) is 70.3 Å². The van der Waals surface area contributed by atoms with Crippen LogP contribution in [-0.4, -0.2) is 20.6 Å². The molecule has 24 heavy (non-hydrogen) atoms. The second-order valence-electron chi connectivity index (χ2n) is 6.74. The molecular weight excluding hydrogens is 296 g/mol. The summed E-state index contributed by atoms with van der Waals surface area (Å²) in [6, 6.07) is 12.9. The quantitative estimate of drug-likeness (QED) is 0.715. The first-order chi connectivity index (χ1) is 11.5. The van der Waals surface area contributed by atoms with Gasteiger partial charge in [0.2, 0.25) is 0 Å². The monoisotopic (exact) mass is 322 g/mol. The van der Waals surface area contributed by atoms with Gasteiger partial charge in [-0.15, -0.1) is 0 Å². The number of rotatable bonds is 5. The predicted molar refractivity (Wildman–Crippen MR) is 101 cm³/mol. The van der Waals surface area contributed by atoms with Crippen molar-refractivity contribution in [1.29, 1.82) is 0 Å². The molecule has 4 heteroatoms. The fourth-order valence-electron chi connectivity index (χ4n) is 2.84. The fourth-order valence-corrected chi connectivity index (χ4v) is 2.84. The summed E-state index contributed by atoms with van der Waals surface area (Å²) in [5.41, 5.74) is 5.29. The Hall–Kier alpha value is -2.36. The number of hydrogen-bond acceptors (Lipinski definition) is 3. The van der Waals surface area contributed by atoms with E-state index in [0.29, 0.717) is 12.0 Å². The number of benzene rings is 1. The number of aryl methyl sites for hydroxylation is 1. The van der Waals surface area contributed by atoms with Crippen LogP contribution in [0.3, 0.4) is 0 Å². The van der Waals surface area contributed by atoms with Gasteiger partial charge in [0, 0.05) is 23.4 Å². The zero-order valence-electron chi connectivity index (χ0n) is 15.2. The molecule has 0 bridgehead atoms. The summed E-state index contributed by atoms with van der Waals surface area (Å²) in [5, 5.41) is 8.35. The highest BCUT2D eigenvalue weighted by molar-refractivity contribution is 5.81. The average molecular weight is 322 g/mol. The molecule has 4 nitrogen and oxygen atoms in total. The van der Waals surface area contributed by atoms with Crippen molar-refractivity contribution in [2.24, 2.45) is 0 Å². The maximum Gasteiger partial charge on any atom is 0.165 e. The molecule has 0 unspecified atom stereocenters. The van der Waals surface area contributed by atoms with Crippen LogP contribution in [0.2, 0.25) is 0 Å².